The molecule has 0 unspecified atom stereocenters. The second-order valence-corrected chi connectivity index (χ2v) is 7.26. The Balaban J connectivity index is 1.32. The van der Waals surface area contributed by atoms with Crippen molar-refractivity contribution in [2.45, 2.75) is 32.1 Å². The van der Waals surface area contributed by atoms with Crippen molar-refractivity contribution in [1.82, 2.24) is 14.8 Å². The van der Waals surface area contributed by atoms with E-state index in [1.165, 1.54) is 5.56 Å². The number of fused-ring (bicyclic) bond motifs is 1. The first kappa shape index (κ1) is 17.2. The van der Waals surface area contributed by atoms with Gasteiger partial charge < -0.3 is 9.64 Å². The van der Waals surface area contributed by atoms with E-state index < -0.39 is 0 Å². The Morgan fingerprint density at radius 1 is 1.15 bits per heavy atom. The van der Waals surface area contributed by atoms with Crippen molar-refractivity contribution in [3.8, 4) is 0 Å². The lowest BCUT2D eigenvalue weighted by Gasteiger charge is -2.37. The molecule has 2 aliphatic rings. The van der Waals surface area contributed by atoms with Gasteiger partial charge in [-0.05, 0) is 37.6 Å². The van der Waals surface area contributed by atoms with Crippen molar-refractivity contribution in [1.29, 1.82) is 0 Å². The molecule has 4 rings (SSSR count). The Kier molecular flexibility index (Phi) is 5.00. The van der Waals surface area contributed by atoms with E-state index in [1.54, 1.807) is 6.20 Å². The highest BCUT2D eigenvalue weighted by molar-refractivity contribution is 5.94. The molecule has 2 aliphatic heterocycles. The number of aromatic nitrogens is 1. The summed E-state index contributed by atoms with van der Waals surface area (Å²) in [5.74, 6) is 0.141. The van der Waals surface area contributed by atoms with Gasteiger partial charge in [0.25, 0.3) is 5.91 Å². The van der Waals surface area contributed by atoms with Crippen LogP contribution in [0.2, 0.25) is 0 Å². The first-order valence-corrected chi connectivity index (χ1v) is 9.30. The zero-order chi connectivity index (χ0) is 17.9. The van der Waals surface area contributed by atoms with Crippen molar-refractivity contribution < 1.29 is 9.53 Å². The van der Waals surface area contributed by atoms with Crippen LogP contribution in [0.5, 0.6) is 0 Å². The number of hydrogen-bond acceptors (Lipinski definition) is 4. The molecule has 1 aromatic carbocycles. The number of piperazine rings is 1. The molecule has 2 fully saturated rings. The van der Waals surface area contributed by atoms with E-state index in [1.807, 2.05) is 54.3 Å². The summed E-state index contributed by atoms with van der Waals surface area (Å²) in [4.78, 5) is 21.5. The van der Waals surface area contributed by atoms with Crippen molar-refractivity contribution >= 4 is 5.91 Å². The maximum Gasteiger partial charge on any atom is 0.253 e. The van der Waals surface area contributed by atoms with Gasteiger partial charge >= 0.3 is 0 Å². The quantitative estimate of drug-likeness (QED) is 0.849. The number of pyridine rings is 1. The molecule has 5 nitrogen and oxygen atoms in total. The first-order valence-electron chi connectivity index (χ1n) is 9.30. The van der Waals surface area contributed by atoms with Gasteiger partial charge in [-0.15, -0.1) is 0 Å². The highest BCUT2D eigenvalue weighted by atomic mass is 16.5. The van der Waals surface area contributed by atoms with Crippen LogP contribution in [0.25, 0.3) is 0 Å². The minimum atomic E-state index is 0.141. The van der Waals surface area contributed by atoms with Crippen LogP contribution >= 0.6 is 0 Å². The molecule has 1 amide bonds. The number of ether oxygens (including phenoxy) is 1. The summed E-state index contributed by atoms with van der Waals surface area (Å²) in [6.07, 6.45) is 2.99. The molecule has 2 saturated heterocycles. The van der Waals surface area contributed by atoms with E-state index in [0.717, 1.165) is 43.9 Å². The van der Waals surface area contributed by atoms with Gasteiger partial charge in [0.1, 0.15) is 0 Å². The monoisotopic (exact) mass is 351 g/mol. The third kappa shape index (κ3) is 3.79. The van der Waals surface area contributed by atoms with Crippen LogP contribution in [-0.2, 0) is 11.3 Å². The Hall–Kier alpha value is -2.24. The van der Waals surface area contributed by atoms with E-state index in [0.29, 0.717) is 12.6 Å². The van der Waals surface area contributed by atoms with Crippen molar-refractivity contribution in [2.24, 2.45) is 0 Å². The van der Waals surface area contributed by atoms with Crippen LogP contribution in [0, 0.1) is 6.92 Å². The lowest BCUT2D eigenvalue weighted by atomic mass is 10.1. The summed E-state index contributed by atoms with van der Waals surface area (Å²) < 4.78 is 6.07. The predicted octanol–water partition coefficient (Wildman–Crippen LogP) is 2.51. The van der Waals surface area contributed by atoms with Gasteiger partial charge in [-0.3, -0.25) is 14.7 Å². The fourth-order valence-corrected chi connectivity index (χ4v) is 3.87. The molecule has 1 aromatic heterocycles. The number of amides is 1. The van der Waals surface area contributed by atoms with Crippen LogP contribution in [0.1, 0.15) is 28.0 Å². The molecule has 0 bridgehead atoms. The largest absolute Gasteiger partial charge is 0.371 e. The summed E-state index contributed by atoms with van der Waals surface area (Å²) in [6.45, 7) is 6.04. The number of aryl methyl sites for hydroxylation is 1. The predicted molar refractivity (Wildman–Crippen MR) is 99.9 cm³/mol. The van der Waals surface area contributed by atoms with Crippen molar-refractivity contribution in [3.05, 3.63) is 65.5 Å². The fraction of sp³-hybridized carbons (Fsp3) is 0.429. The summed E-state index contributed by atoms with van der Waals surface area (Å²) in [6, 6.07) is 14.1. The van der Waals surface area contributed by atoms with E-state index in [4.69, 9.17) is 4.74 Å². The van der Waals surface area contributed by atoms with E-state index in [-0.39, 0.29) is 12.0 Å². The lowest BCUT2D eigenvalue weighted by Crippen LogP contribution is -2.52. The fourth-order valence-electron chi connectivity index (χ4n) is 3.87. The molecule has 136 valence electrons. The highest BCUT2D eigenvalue weighted by Crippen LogP contribution is 2.25. The molecule has 2 atom stereocenters. The van der Waals surface area contributed by atoms with E-state index in [9.17, 15) is 4.79 Å². The van der Waals surface area contributed by atoms with Crippen LogP contribution in [0.3, 0.4) is 0 Å². The number of rotatable bonds is 4. The van der Waals surface area contributed by atoms with E-state index in [2.05, 4.69) is 9.88 Å². The third-order valence-corrected chi connectivity index (χ3v) is 5.36. The van der Waals surface area contributed by atoms with Crippen molar-refractivity contribution in [3.63, 3.8) is 0 Å². The first-order chi connectivity index (χ1) is 12.7. The van der Waals surface area contributed by atoms with Gasteiger partial charge in [-0.2, -0.15) is 0 Å². The van der Waals surface area contributed by atoms with Gasteiger partial charge in [-0.25, -0.2) is 0 Å². The maximum atomic E-state index is 12.8. The molecular weight excluding hydrogens is 326 g/mol. The molecule has 3 heterocycles. The zero-order valence-corrected chi connectivity index (χ0v) is 15.2. The number of hydrogen-bond donors (Lipinski definition) is 0. The average molecular weight is 351 g/mol. The van der Waals surface area contributed by atoms with Crippen LogP contribution in [0.15, 0.2) is 48.7 Å². The molecule has 2 aromatic rings. The normalized spacial score (nSPS) is 23.0. The second-order valence-electron chi connectivity index (χ2n) is 7.26. The minimum Gasteiger partial charge on any atom is -0.371 e. The summed E-state index contributed by atoms with van der Waals surface area (Å²) >= 11 is 0. The number of nitrogens with zero attached hydrogens (tertiary/aromatic N) is 3. The summed E-state index contributed by atoms with van der Waals surface area (Å²) in [5.41, 5.74) is 2.92. The second kappa shape index (κ2) is 7.56. The van der Waals surface area contributed by atoms with Crippen molar-refractivity contribution in [2.75, 3.05) is 26.2 Å². The SMILES string of the molecule is Cc1ccc(C(=O)N2CCN3C[C@H](OCc4ccccn4)C[C@H]3C2)cc1. The van der Waals surface area contributed by atoms with Crippen LogP contribution < -0.4 is 0 Å². The van der Waals surface area contributed by atoms with Crippen LogP contribution in [0.4, 0.5) is 0 Å². The summed E-state index contributed by atoms with van der Waals surface area (Å²) in [5, 5.41) is 0. The van der Waals surface area contributed by atoms with Crippen LogP contribution in [-0.4, -0.2) is 59.0 Å². The lowest BCUT2D eigenvalue weighted by molar-refractivity contribution is 0.0435. The molecule has 0 aliphatic carbocycles. The maximum absolute atomic E-state index is 12.8. The van der Waals surface area contributed by atoms with Gasteiger partial charge in [-0.1, -0.05) is 23.8 Å². The molecule has 26 heavy (non-hydrogen) atoms. The molecule has 0 radical (unpaired) electrons. The number of carbonyl (C=O) groups excluding carboxylic acids is 1. The Morgan fingerprint density at radius 2 is 2.00 bits per heavy atom. The summed E-state index contributed by atoms with van der Waals surface area (Å²) in [7, 11) is 0. The Labute approximate surface area is 154 Å². The molecule has 0 spiro atoms. The minimum absolute atomic E-state index is 0.141. The molecule has 0 saturated carbocycles. The van der Waals surface area contributed by atoms with Gasteiger partial charge in [0.15, 0.2) is 0 Å². The van der Waals surface area contributed by atoms with Gasteiger partial charge in [0.2, 0.25) is 0 Å². The highest BCUT2D eigenvalue weighted by Gasteiger charge is 2.38. The average Bonchev–Trinajstić information content (AvgIpc) is 3.09. The Morgan fingerprint density at radius 3 is 2.77 bits per heavy atom. The number of carbonyl (C=O) groups is 1. The molecule has 0 N–H and O–H groups in total. The van der Waals surface area contributed by atoms with Gasteiger partial charge in [0, 0.05) is 44.0 Å². The smallest absolute Gasteiger partial charge is 0.253 e. The topological polar surface area (TPSA) is 45.7 Å². The molecule has 5 heteroatoms. The van der Waals surface area contributed by atoms with E-state index >= 15 is 0 Å². The van der Waals surface area contributed by atoms with Gasteiger partial charge in [0.05, 0.1) is 18.4 Å². The molecular formula is C21H25N3O2. The Bertz CT molecular complexity index is 748. The number of benzene rings is 1. The third-order valence-electron chi connectivity index (χ3n) is 5.36. The standard InChI is InChI=1S/C21H25N3O2/c1-16-5-7-17(8-6-16)21(25)24-11-10-23-14-20(12-19(23)13-24)26-15-18-4-2-3-9-22-18/h2-9,19-20H,10-15H2,1H3/t19-,20+/m0/s1. The zero-order valence-electron chi connectivity index (χ0n) is 15.2.